The van der Waals surface area contributed by atoms with E-state index in [-0.39, 0.29) is 24.2 Å². The Balaban J connectivity index is 2.06. The molecule has 2 N–H and O–H groups in total. The van der Waals surface area contributed by atoms with Gasteiger partial charge in [0, 0.05) is 25.0 Å². The van der Waals surface area contributed by atoms with Crippen LogP contribution in [0.5, 0.6) is 0 Å². The second kappa shape index (κ2) is 6.51. The fourth-order valence-corrected chi connectivity index (χ4v) is 3.15. The fraction of sp³-hybridized carbons (Fsp3) is 0.733. The molecule has 8 heteroatoms. The number of aromatic nitrogens is 2. The maximum absolute atomic E-state index is 12.6. The van der Waals surface area contributed by atoms with Crippen LogP contribution in [0.1, 0.15) is 38.4 Å². The van der Waals surface area contributed by atoms with Crippen LogP contribution in [0.4, 0.5) is 13.2 Å². The van der Waals surface area contributed by atoms with Crippen LogP contribution in [0.15, 0.2) is 12.4 Å². The molecule has 1 aliphatic rings. The van der Waals surface area contributed by atoms with Crippen molar-refractivity contribution in [3.63, 3.8) is 0 Å². The van der Waals surface area contributed by atoms with E-state index < -0.39 is 18.3 Å². The monoisotopic (exact) mass is 332 g/mol. The van der Waals surface area contributed by atoms with E-state index in [0.717, 1.165) is 23.8 Å². The predicted octanol–water partition coefficient (Wildman–Crippen LogP) is 2.31. The van der Waals surface area contributed by atoms with Crippen LogP contribution in [-0.2, 0) is 17.9 Å². The summed E-state index contributed by atoms with van der Waals surface area (Å²) in [5, 5.41) is 0. The van der Waals surface area contributed by atoms with Gasteiger partial charge in [0.05, 0.1) is 12.5 Å². The van der Waals surface area contributed by atoms with Crippen LogP contribution in [0.2, 0.25) is 0 Å². The zero-order valence-electron chi connectivity index (χ0n) is 13.4. The molecule has 130 valence electrons. The Bertz CT molecular complexity index is 553. The SMILES string of the molecule is CN(Cc1nccn1CC(F)(F)F)C(=O)C1CCCCC1(C)N. The van der Waals surface area contributed by atoms with Gasteiger partial charge in [-0.3, -0.25) is 4.79 Å². The van der Waals surface area contributed by atoms with Gasteiger partial charge in [-0.2, -0.15) is 13.2 Å². The minimum Gasteiger partial charge on any atom is -0.338 e. The first kappa shape index (κ1) is 17.8. The Morgan fingerprint density at radius 3 is 2.83 bits per heavy atom. The van der Waals surface area contributed by atoms with Crippen LogP contribution >= 0.6 is 0 Å². The Labute approximate surface area is 133 Å². The summed E-state index contributed by atoms with van der Waals surface area (Å²) >= 11 is 0. The average Bonchev–Trinajstić information content (AvgIpc) is 2.82. The Hall–Kier alpha value is -1.57. The summed E-state index contributed by atoms with van der Waals surface area (Å²) in [6, 6.07) is 0. The lowest BCUT2D eigenvalue weighted by atomic mass is 9.74. The van der Waals surface area contributed by atoms with E-state index >= 15 is 0 Å². The summed E-state index contributed by atoms with van der Waals surface area (Å²) in [5.74, 6) is -0.212. The maximum Gasteiger partial charge on any atom is 0.406 e. The van der Waals surface area contributed by atoms with Gasteiger partial charge in [0.2, 0.25) is 5.91 Å². The highest BCUT2D eigenvalue weighted by Crippen LogP contribution is 2.33. The van der Waals surface area contributed by atoms with Crippen LogP contribution in [0.3, 0.4) is 0 Å². The van der Waals surface area contributed by atoms with Crippen molar-refractivity contribution in [2.45, 2.75) is 57.4 Å². The smallest absolute Gasteiger partial charge is 0.338 e. The number of hydrogen-bond acceptors (Lipinski definition) is 3. The quantitative estimate of drug-likeness (QED) is 0.920. The lowest BCUT2D eigenvalue weighted by Crippen LogP contribution is -2.53. The molecule has 1 saturated carbocycles. The molecule has 0 aromatic carbocycles. The summed E-state index contributed by atoms with van der Waals surface area (Å²) in [5.41, 5.74) is 5.67. The van der Waals surface area contributed by atoms with Gasteiger partial charge in [-0.1, -0.05) is 12.8 Å². The number of alkyl halides is 3. The highest BCUT2D eigenvalue weighted by atomic mass is 19.4. The number of nitrogens with two attached hydrogens (primary N) is 1. The molecular weight excluding hydrogens is 309 g/mol. The number of hydrogen-bond donors (Lipinski definition) is 1. The van der Waals surface area contributed by atoms with E-state index in [9.17, 15) is 18.0 Å². The summed E-state index contributed by atoms with van der Waals surface area (Å²) in [4.78, 5) is 18.0. The summed E-state index contributed by atoms with van der Waals surface area (Å²) in [6.07, 6.45) is 1.70. The van der Waals surface area contributed by atoms with Gasteiger partial charge >= 0.3 is 6.18 Å². The molecule has 5 nitrogen and oxygen atoms in total. The van der Waals surface area contributed by atoms with Gasteiger partial charge in [-0.25, -0.2) is 4.98 Å². The zero-order chi connectivity index (χ0) is 17.3. The van der Waals surface area contributed by atoms with Crippen LogP contribution < -0.4 is 5.73 Å². The molecule has 0 radical (unpaired) electrons. The number of carbonyl (C=O) groups excluding carboxylic acids is 1. The third-order valence-corrected chi connectivity index (χ3v) is 4.46. The summed E-state index contributed by atoms with van der Waals surface area (Å²) < 4.78 is 38.6. The molecule has 0 bridgehead atoms. The van der Waals surface area contributed by atoms with Gasteiger partial charge in [0.25, 0.3) is 0 Å². The van der Waals surface area contributed by atoms with Crippen molar-refractivity contribution in [2.75, 3.05) is 7.05 Å². The molecular formula is C15H23F3N4O. The molecule has 1 fully saturated rings. The first-order valence-corrected chi connectivity index (χ1v) is 7.71. The topological polar surface area (TPSA) is 64.2 Å². The number of rotatable bonds is 4. The average molecular weight is 332 g/mol. The molecule has 1 aliphatic carbocycles. The third kappa shape index (κ3) is 4.46. The van der Waals surface area contributed by atoms with Gasteiger partial charge < -0.3 is 15.2 Å². The standard InChI is InChI=1S/C15H23F3N4O/c1-14(19)6-4-3-5-11(14)13(23)21(2)9-12-20-7-8-22(12)10-15(16,17)18/h7-8,11H,3-6,9-10,19H2,1-2H3. The van der Waals surface area contributed by atoms with Crippen LogP contribution in [-0.4, -0.2) is 39.1 Å². The number of amides is 1. The largest absolute Gasteiger partial charge is 0.406 e. The van der Waals surface area contributed by atoms with E-state index in [1.165, 1.54) is 17.3 Å². The van der Waals surface area contributed by atoms with E-state index in [1.807, 2.05) is 6.92 Å². The zero-order valence-corrected chi connectivity index (χ0v) is 13.4. The fourth-order valence-electron chi connectivity index (χ4n) is 3.15. The van der Waals surface area contributed by atoms with Gasteiger partial charge in [-0.05, 0) is 19.8 Å². The molecule has 0 spiro atoms. The lowest BCUT2D eigenvalue weighted by Gasteiger charge is -2.39. The van der Waals surface area contributed by atoms with Crippen molar-refractivity contribution < 1.29 is 18.0 Å². The first-order valence-electron chi connectivity index (χ1n) is 7.71. The lowest BCUT2D eigenvalue weighted by molar-refractivity contribution is -0.141. The number of nitrogens with zero attached hydrogens (tertiary/aromatic N) is 3. The molecule has 1 aromatic heterocycles. The highest BCUT2D eigenvalue weighted by molar-refractivity contribution is 5.80. The van der Waals surface area contributed by atoms with Gasteiger partial charge in [-0.15, -0.1) is 0 Å². The minimum absolute atomic E-state index is 0.0362. The second-order valence-electron chi connectivity index (χ2n) is 6.59. The van der Waals surface area contributed by atoms with E-state index in [2.05, 4.69) is 4.98 Å². The van der Waals surface area contributed by atoms with Crippen LogP contribution in [0, 0.1) is 5.92 Å². The van der Waals surface area contributed by atoms with E-state index in [4.69, 9.17) is 5.73 Å². The number of halogens is 3. The van der Waals surface area contributed by atoms with E-state index in [1.54, 1.807) is 7.05 Å². The number of carbonyl (C=O) groups is 1. The Morgan fingerprint density at radius 2 is 2.22 bits per heavy atom. The van der Waals surface area contributed by atoms with Crippen LogP contribution in [0.25, 0.3) is 0 Å². The normalized spacial score (nSPS) is 25.4. The Morgan fingerprint density at radius 1 is 1.52 bits per heavy atom. The second-order valence-corrected chi connectivity index (χ2v) is 6.59. The molecule has 23 heavy (non-hydrogen) atoms. The molecule has 1 amide bonds. The van der Waals surface area contributed by atoms with Gasteiger partial charge in [0.1, 0.15) is 12.4 Å². The highest BCUT2D eigenvalue weighted by Gasteiger charge is 2.39. The summed E-state index contributed by atoms with van der Waals surface area (Å²) in [7, 11) is 1.58. The molecule has 1 heterocycles. The van der Waals surface area contributed by atoms with Crippen molar-refractivity contribution >= 4 is 5.91 Å². The van der Waals surface area contributed by atoms with Crippen molar-refractivity contribution in [1.82, 2.24) is 14.5 Å². The van der Waals surface area contributed by atoms with Crippen molar-refractivity contribution in [2.24, 2.45) is 11.7 Å². The predicted molar refractivity (Wildman–Crippen MR) is 79.3 cm³/mol. The Kier molecular flexibility index (Phi) is 5.03. The van der Waals surface area contributed by atoms with Gasteiger partial charge in [0.15, 0.2) is 0 Å². The molecule has 2 rings (SSSR count). The van der Waals surface area contributed by atoms with E-state index in [0.29, 0.717) is 6.42 Å². The summed E-state index contributed by atoms with van der Waals surface area (Å²) in [6.45, 7) is 0.796. The molecule has 0 saturated heterocycles. The number of imidazole rings is 1. The molecule has 0 aliphatic heterocycles. The first-order chi connectivity index (χ1) is 10.6. The minimum atomic E-state index is -4.32. The third-order valence-electron chi connectivity index (χ3n) is 4.46. The van der Waals surface area contributed by atoms with Crippen molar-refractivity contribution in [1.29, 1.82) is 0 Å². The van der Waals surface area contributed by atoms with Crippen molar-refractivity contribution in [3.05, 3.63) is 18.2 Å². The molecule has 1 aromatic rings. The maximum atomic E-state index is 12.6. The molecule has 2 unspecified atom stereocenters. The molecule has 2 atom stereocenters. The van der Waals surface area contributed by atoms with Crippen molar-refractivity contribution in [3.8, 4) is 0 Å².